The lowest BCUT2D eigenvalue weighted by atomic mass is 9.64. The summed E-state index contributed by atoms with van der Waals surface area (Å²) in [6.07, 6.45) is 0.327. The number of aliphatic hydroxyl groups excluding tert-OH is 1. The Morgan fingerprint density at radius 3 is 2.40 bits per heavy atom. The second-order valence-electron chi connectivity index (χ2n) is 17.2. The fraction of sp³-hybridized carbons (Fsp3) is 0.373. The molecule has 3 aliphatic carbocycles. The molecular formula is C51H53ClF3NO7. The molecule has 4 unspecified atom stereocenters. The largest absolute Gasteiger partial charge is 0.493 e. The number of aliphatic hydroxyl groups is 2. The number of ketones is 1. The van der Waals surface area contributed by atoms with Crippen molar-refractivity contribution >= 4 is 23.3 Å². The van der Waals surface area contributed by atoms with Gasteiger partial charge in [-0.05, 0) is 129 Å². The smallest absolute Gasteiger partial charge is 0.416 e. The topological polar surface area (TPSA) is 109 Å². The van der Waals surface area contributed by atoms with Crippen LogP contribution in [0, 0.1) is 5.41 Å². The number of carbonyl (C=O) groups excluding carboxylic acids is 2. The molecule has 5 aromatic rings. The van der Waals surface area contributed by atoms with Gasteiger partial charge in [0.1, 0.15) is 5.76 Å². The minimum atomic E-state index is -4.62. The van der Waals surface area contributed by atoms with E-state index in [1.54, 1.807) is 37.3 Å². The third-order valence-electron chi connectivity index (χ3n) is 13.1. The van der Waals surface area contributed by atoms with E-state index in [1.807, 2.05) is 62.4 Å². The van der Waals surface area contributed by atoms with Crippen molar-refractivity contribution in [2.75, 3.05) is 20.8 Å². The van der Waals surface area contributed by atoms with Crippen LogP contribution >= 0.6 is 11.6 Å². The van der Waals surface area contributed by atoms with Gasteiger partial charge in [0, 0.05) is 23.1 Å². The second-order valence-corrected chi connectivity index (χ2v) is 17.6. The number of benzene rings is 4. The number of amides is 1. The van der Waals surface area contributed by atoms with Crippen molar-refractivity contribution in [2.24, 2.45) is 5.41 Å². The maximum atomic E-state index is 14.7. The Morgan fingerprint density at radius 2 is 1.67 bits per heavy atom. The van der Waals surface area contributed by atoms with Gasteiger partial charge in [-0.3, -0.25) is 9.59 Å². The summed E-state index contributed by atoms with van der Waals surface area (Å²) in [6, 6.07) is 26.4. The number of alkyl halides is 3. The third-order valence-corrected chi connectivity index (χ3v) is 13.5. The molecule has 12 heteroatoms. The highest BCUT2D eigenvalue weighted by Crippen LogP contribution is 2.59. The number of hydrogen-bond donors (Lipinski definition) is 2. The van der Waals surface area contributed by atoms with Crippen LogP contribution in [0.25, 0.3) is 11.3 Å². The molecular weight excluding hydrogens is 831 g/mol. The summed E-state index contributed by atoms with van der Waals surface area (Å²) in [4.78, 5) is 31.0. The van der Waals surface area contributed by atoms with Crippen LogP contribution in [-0.4, -0.2) is 59.3 Å². The molecule has 4 atom stereocenters. The fourth-order valence-corrected chi connectivity index (χ4v) is 9.66. The van der Waals surface area contributed by atoms with Crippen molar-refractivity contribution in [3.63, 3.8) is 0 Å². The highest BCUT2D eigenvalue weighted by Gasteiger charge is 2.57. The first-order valence-electron chi connectivity index (χ1n) is 21.2. The van der Waals surface area contributed by atoms with E-state index < -0.39 is 34.6 Å². The van der Waals surface area contributed by atoms with E-state index >= 15 is 0 Å². The first kappa shape index (κ1) is 45.7. The quantitative estimate of drug-likeness (QED) is 0.100. The van der Waals surface area contributed by atoms with Crippen LogP contribution in [0.4, 0.5) is 13.2 Å². The monoisotopic (exact) mass is 883 g/mol. The second kappa shape index (κ2) is 18.8. The SMILES string of the molecule is COc1ccc(CC(=O)N(Cc2ccccc2)CC2(O)CCC3c4ccc(cc4C(=O)c4ccc(-c5cc(C(F)(F)F)ccc5Cl)o4)CC(O)CCC(C)=CCCC32C)cc1OC. The Balaban J connectivity index is 1.28. The van der Waals surface area contributed by atoms with Gasteiger partial charge >= 0.3 is 6.18 Å². The molecule has 1 amide bonds. The zero-order valence-electron chi connectivity index (χ0n) is 35.9. The molecule has 0 radical (unpaired) electrons. The van der Waals surface area contributed by atoms with Gasteiger partial charge in [0.05, 0.1) is 49.5 Å². The zero-order chi connectivity index (χ0) is 45.1. The third kappa shape index (κ3) is 9.91. The first-order valence-corrected chi connectivity index (χ1v) is 21.6. The summed E-state index contributed by atoms with van der Waals surface area (Å²) in [5.74, 6) is -0.0965. The lowest BCUT2D eigenvalue weighted by Gasteiger charge is -2.46. The number of nitrogens with zero attached hydrogens (tertiary/aromatic N) is 1. The molecule has 8 nitrogen and oxygen atoms in total. The van der Waals surface area contributed by atoms with Gasteiger partial charge < -0.3 is 29.0 Å². The summed E-state index contributed by atoms with van der Waals surface area (Å²) in [5, 5.41) is 24.3. The average Bonchev–Trinajstić information content (AvgIpc) is 3.84. The lowest BCUT2D eigenvalue weighted by Crippen LogP contribution is -2.53. The van der Waals surface area contributed by atoms with Crippen molar-refractivity contribution in [3.05, 3.63) is 153 Å². The Morgan fingerprint density at radius 1 is 0.905 bits per heavy atom. The maximum absolute atomic E-state index is 14.7. The Hall–Kier alpha value is -5.36. The van der Waals surface area contributed by atoms with E-state index in [-0.39, 0.29) is 53.4 Å². The average molecular weight is 884 g/mol. The molecule has 1 heterocycles. The normalized spacial score (nSPS) is 21.6. The Bertz CT molecular complexity index is 2480. The summed E-state index contributed by atoms with van der Waals surface area (Å²) < 4.78 is 58.0. The standard InChI is InChI=1S/C51H53ClF3NO7/c1-32-9-8-23-49(2)41(22-24-50(49,60)31-56(30-33-10-6-5-7-11-33)47(58)28-35-14-19-44(61-3)46(27-35)62-4)38-17-13-34(25-37(57)16-12-32)26-39(38)48(59)45-21-20-43(63-45)40-29-36(51(53,54)55)15-18-42(40)52/h5-7,9-11,13-15,17-21,26-27,29,37,41,57,60H,8,12,16,22-25,28,30-31H2,1-4H3. The number of carbonyl (C=O) groups is 2. The molecule has 0 aliphatic heterocycles. The van der Waals surface area contributed by atoms with Gasteiger partial charge in [0.15, 0.2) is 17.3 Å². The van der Waals surface area contributed by atoms with E-state index in [1.165, 1.54) is 12.1 Å². The van der Waals surface area contributed by atoms with Crippen LogP contribution in [0.5, 0.6) is 11.5 Å². The molecule has 0 spiro atoms. The van der Waals surface area contributed by atoms with E-state index in [2.05, 4.69) is 6.08 Å². The number of allylic oxidation sites excluding steroid dienone is 2. The number of fused-ring (bicyclic) bond motifs is 8. The summed E-state index contributed by atoms with van der Waals surface area (Å²) >= 11 is 6.36. The number of furan rings is 1. The van der Waals surface area contributed by atoms with Crippen LogP contribution in [0.3, 0.4) is 0 Å². The van der Waals surface area contributed by atoms with Crippen LogP contribution < -0.4 is 9.47 Å². The minimum absolute atomic E-state index is 0.00298. The Labute approximate surface area is 371 Å². The molecule has 2 N–H and O–H groups in total. The highest BCUT2D eigenvalue weighted by molar-refractivity contribution is 6.33. The van der Waals surface area contributed by atoms with E-state index in [0.29, 0.717) is 67.6 Å². The lowest BCUT2D eigenvalue weighted by molar-refractivity contribution is -0.140. The van der Waals surface area contributed by atoms with Gasteiger partial charge in [-0.2, -0.15) is 13.2 Å². The predicted molar refractivity (Wildman–Crippen MR) is 236 cm³/mol. The minimum Gasteiger partial charge on any atom is -0.493 e. The fourth-order valence-electron chi connectivity index (χ4n) is 9.45. The summed E-state index contributed by atoms with van der Waals surface area (Å²) in [6.45, 7) is 4.37. The Kier molecular flexibility index (Phi) is 13.6. The highest BCUT2D eigenvalue weighted by atomic mass is 35.5. The molecule has 1 aromatic heterocycles. The number of ether oxygens (including phenoxy) is 2. The van der Waals surface area contributed by atoms with Crippen molar-refractivity contribution in [3.8, 4) is 22.8 Å². The summed E-state index contributed by atoms with van der Waals surface area (Å²) in [7, 11) is 3.09. The zero-order valence-corrected chi connectivity index (χ0v) is 36.7. The molecule has 332 valence electrons. The van der Waals surface area contributed by atoms with Gasteiger partial charge in [0.25, 0.3) is 0 Å². The van der Waals surface area contributed by atoms with Gasteiger partial charge in [-0.15, -0.1) is 0 Å². The first-order chi connectivity index (χ1) is 30.0. The van der Waals surface area contributed by atoms with Gasteiger partial charge in [-0.1, -0.05) is 78.7 Å². The van der Waals surface area contributed by atoms with Crippen molar-refractivity contribution in [2.45, 2.75) is 95.6 Å². The maximum Gasteiger partial charge on any atom is 0.416 e. The van der Waals surface area contributed by atoms with Crippen LogP contribution in [0.15, 0.2) is 113 Å². The van der Waals surface area contributed by atoms with Crippen molar-refractivity contribution < 1.29 is 46.9 Å². The molecule has 3 aliphatic rings. The molecule has 1 fully saturated rings. The van der Waals surface area contributed by atoms with Crippen LogP contribution in [-0.2, 0) is 30.4 Å². The van der Waals surface area contributed by atoms with Crippen molar-refractivity contribution in [1.82, 2.24) is 4.90 Å². The number of hydrogen-bond acceptors (Lipinski definition) is 7. The summed E-state index contributed by atoms with van der Waals surface area (Å²) in [5.41, 5.74) is 1.27. The molecule has 4 aromatic carbocycles. The predicted octanol–water partition coefficient (Wildman–Crippen LogP) is 11.2. The van der Waals surface area contributed by atoms with Gasteiger partial charge in [-0.25, -0.2) is 0 Å². The molecule has 2 bridgehead atoms. The molecule has 0 saturated heterocycles. The number of methoxy groups -OCH3 is 2. The van der Waals surface area contributed by atoms with Gasteiger partial charge in [0.2, 0.25) is 11.7 Å². The van der Waals surface area contributed by atoms with Crippen molar-refractivity contribution in [1.29, 1.82) is 0 Å². The molecule has 63 heavy (non-hydrogen) atoms. The van der Waals surface area contributed by atoms with E-state index in [9.17, 15) is 33.0 Å². The molecule has 8 rings (SSSR count). The van der Waals surface area contributed by atoms with Crippen LogP contribution in [0.2, 0.25) is 5.02 Å². The number of rotatable bonds is 11. The molecule has 1 saturated carbocycles. The number of halogens is 4. The van der Waals surface area contributed by atoms with E-state index in [4.69, 9.17) is 25.5 Å². The van der Waals surface area contributed by atoms with Crippen LogP contribution in [0.1, 0.15) is 102 Å². The van der Waals surface area contributed by atoms with E-state index in [0.717, 1.165) is 40.5 Å².